The van der Waals surface area contributed by atoms with Gasteiger partial charge < -0.3 is 9.47 Å². The number of carbonyl (C=O) groups excluding carboxylic acids is 1. The van der Waals surface area contributed by atoms with Crippen molar-refractivity contribution in [2.24, 2.45) is 0 Å². The Bertz CT molecular complexity index is 271. The highest BCUT2D eigenvalue weighted by atomic mass is 16.5. The highest BCUT2D eigenvalue weighted by Crippen LogP contribution is 2.17. The third-order valence-electron chi connectivity index (χ3n) is 2.69. The van der Waals surface area contributed by atoms with Crippen molar-refractivity contribution >= 4 is 5.97 Å². The van der Waals surface area contributed by atoms with Gasteiger partial charge in [-0.1, -0.05) is 0 Å². The lowest BCUT2D eigenvalue weighted by Gasteiger charge is -2.31. The molecule has 0 saturated carbocycles. The maximum atomic E-state index is 12.1. The van der Waals surface area contributed by atoms with Crippen molar-refractivity contribution in [2.75, 3.05) is 13.2 Å². The number of ether oxygens (including phenoxy) is 2. The third kappa shape index (κ3) is 8.22. The van der Waals surface area contributed by atoms with Gasteiger partial charge in [-0.25, -0.2) is 0 Å². The molecule has 0 spiro atoms. The molecule has 1 unspecified atom stereocenters. The Labute approximate surface area is 118 Å². The Kier molecular flexibility index (Phi) is 7.60. The molecule has 19 heavy (non-hydrogen) atoms. The average Bonchev–Trinajstić information content (AvgIpc) is 2.22. The summed E-state index contributed by atoms with van der Waals surface area (Å²) >= 11 is 0. The summed E-state index contributed by atoms with van der Waals surface area (Å²) in [4.78, 5) is 12.1. The lowest BCUT2D eigenvalue weighted by molar-refractivity contribution is -0.151. The van der Waals surface area contributed by atoms with E-state index in [1.54, 1.807) is 0 Å². The van der Waals surface area contributed by atoms with Gasteiger partial charge >= 0.3 is 5.97 Å². The molecular formula is C15H31NO3. The molecule has 0 aliphatic rings. The molecule has 0 aromatic carbocycles. The summed E-state index contributed by atoms with van der Waals surface area (Å²) in [6.07, 6.45) is 1.53. The summed E-state index contributed by atoms with van der Waals surface area (Å²) in [5, 5.41) is 3.31. The van der Waals surface area contributed by atoms with E-state index in [0.717, 1.165) is 6.42 Å². The standard InChI is InChI=1S/C15H31NO3/c1-8-18-13(17)15(7,16-12(2)3)10-9-11-19-14(4,5)6/h12,16H,8-11H2,1-7H3. The quantitative estimate of drug-likeness (QED) is 0.545. The fraction of sp³-hybridized carbons (Fsp3) is 0.933. The normalized spacial score (nSPS) is 15.4. The molecule has 1 N–H and O–H groups in total. The molecule has 0 aromatic rings. The van der Waals surface area contributed by atoms with Crippen LogP contribution in [0, 0.1) is 0 Å². The fourth-order valence-electron chi connectivity index (χ4n) is 1.96. The number of carbonyl (C=O) groups is 1. The molecule has 0 heterocycles. The van der Waals surface area contributed by atoms with Crippen LogP contribution in [0.3, 0.4) is 0 Å². The van der Waals surface area contributed by atoms with Crippen LogP contribution in [-0.4, -0.2) is 36.4 Å². The van der Waals surface area contributed by atoms with Gasteiger partial charge in [0.15, 0.2) is 0 Å². The van der Waals surface area contributed by atoms with Gasteiger partial charge in [0, 0.05) is 12.6 Å². The zero-order valence-corrected chi connectivity index (χ0v) is 13.6. The highest BCUT2D eigenvalue weighted by Gasteiger charge is 2.34. The van der Waals surface area contributed by atoms with Crippen molar-refractivity contribution in [3.8, 4) is 0 Å². The van der Waals surface area contributed by atoms with Crippen molar-refractivity contribution in [2.45, 2.75) is 78.5 Å². The van der Waals surface area contributed by atoms with Gasteiger partial charge in [0.05, 0.1) is 12.2 Å². The van der Waals surface area contributed by atoms with E-state index in [1.807, 2.05) is 48.5 Å². The number of hydrogen-bond acceptors (Lipinski definition) is 4. The SMILES string of the molecule is CCOC(=O)C(C)(CCCOC(C)(C)C)NC(C)C. The first-order valence-corrected chi connectivity index (χ1v) is 7.19. The minimum absolute atomic E-state index is 0.133. The van der Waals surface area contributed by atoms with Crippen molar-refractivity contribution in [3.63, 3.8) is 0 Å². The van der Waals surface area contributed by atoms with Gasteiger partial charge in [-0.2, -0.15) is 0 Å². The lowest BCUT2D eigenvalue weighted by Crippen LogP contribution is -2.53. The minimum Gasteiger partial charge on any atom is -0.465 e. The van der Waals surface area contributed by atoms with E-state index < -0.39 is 5.54 Å². The van der Waals surface area contributed by atoms with Crippen LogP contribution in [0.2, 0.25) is 0 Å². The van der Waals surface area contributed by atoms with E-state index >= 15 is 0 Å². The Hall–Kier alpha value is -0.610. The lowest BCUT2D eigenvalue weighted by atomic mass is 9.95. The van der Waals surface area contributed by atoms with Gasteiger partial charge in [0.2, 0.25) is 0 Å². The molecule has 0 bridgehead atoms. The molecule has 0 radical (unpaired) electrons. The zero-order valence-electron chi connectivity index (χ0n) is 13.6. The average molecular weight is 273 g/mol. The monoisotopic (exact) mass is 273 g/mol. The zero-order chi connectivity index (χ0) is 15.1. The molecule has 4 nitrogen and oxygen atoms in total. The van der Waals surface area contributed by atoms with E-state index in [-0.39, 0.29) is 17.6 Å². The molecule has 0 aliphatic carbocycles. The Balaban J connectivity index is 4.39. The molecule has 0 fully saturated rings. The van der Waals surface area contributed by atoms with Crippen LogP contribution in [-0.2, 0) is 14.3 Å². The van der Waals surface area contributed by atoms with Crippen LogP contribution in [0.4, 0.5) is 0 Å². The molecule has 0 rings (SSSR count). The largest absolute Gasteiger partial charge is 0.465 e. The molecule has 4 heteroatoms. The molecule has 1 atom stereocenters. The number of rotatable bonds is 8. The predicted octanol–water partition coefficient (Wildman–Crippen LogP) is 2.90. The van der Waals surface area contributed by atoms with Gasteiger partial charge in [0.1, 0.15) is 5.54 Å². The second-order valence-electron chi connectivity index (χ2n) is 6.42. The molecule has 114 valence electrons. The summed E-state index contributed by atoms with van der Waals surface area (Å²) in [6, 6.07) is 0.234. The van der Waals surface area contributed by atoms with E-state index in [0.29, 0.717) is 19.6 Å². The van der Waals surface area contributed by atoms with Crippen LogP contribution in [0.15, 0.2) is 0 Å². The van der Waals surface area contributed by atoms with Crippen molar-refractivity contribution in [1.29, 1.82) is 0 Å². The van der Waals surface area contributed by atoms with Gasteiger partial charge in [-0.05, 0) is 61.3 Å². The summed E-state index contributed by atoms with van der Waals surface area (Å²) < 4.78 is 10.9. The summed E-state index contributed by atoms with van der Waals surface area (Å²) in [5.74, 6) is -0.181. The highest BCUT2D eigenvalue weighted by molar-refractivity contribution is 5.80. The number of hydrogen-bond donors (Lipinski definition) is 1. The first-order chi connectivity index (χ1) is 8.60. The van der Waals surface area contributed by atoms with Crippen LogP contribution in [0.25, 0.3) is 0 Å². The van der Waals surface area contributed by atoms with E-state index in [4.69, 9.17) is 9.47 Å². The molecule has 0 aromatic heterocycles. The minimum atomic E-state index is -0.634. The molecule has 0 saturated heterocycles. The fourth-order valence-corrected chi connectivity index (χ4v) is 1.96. The third-order valence-corrected chi connectivity index (χ3v) is 2.69. The van der Waals surface area contributed by atoms with Gasteiger partial charge in [-0.15, -0.1) is 0 Å². The topological polar surface area (TPSA) is 47.6 Å². The Morgan fingerprint density at radius 3 is 2.21 bits per heavy atom. The second kappa shape index (κ2) is 7.85. The van der Waals surface area contributed by atoms with E-state index in [2.05, 4.69) is 5.32 Å². The van der Waals surface area contributed by atoms with E-state index in [9.17, 15) is 4.79 Å². The van der Waals surface area contributed by atoms with Crippen molar-refractivity contribution in [1.82, 2.24) is 5.32 Å². The smallest absolute Gasteiger partial charge is 0.326 e. The van der Waals surface area contributed by atoms with Crippen molar-refractivity contribution < 1.29 is 14.3 Å². The predicted molar refractivity (Wildman–Crippen MR) is 78.2 cm³/mol. The Morgan fingerprint density at radius 1 is 1.21 bits per heavy atom. The summed E-state index contributed by atoms with van der Waals surface area (Å²) in [7, 11) is 0. The molecular weight excluding hydrogens is 242 g/mol. The van der Waals surface area contributed by atoms with Gasteiger partial charge in [-0.3, -0.25) is 10.1 Å². The van der Waals surface area contributed by atoms with Gasteiger partial charge in [0.25, 0.3) is 0 Å². The van der Waals surface area contributed by atoms with Crippen LogP contribution >= 0.6 is 0 Å². The van der Waals surface area contributed by atoms with Crippen LogP contribution < -0.4 is 5.32 Å². The van der Waals surface area contributed by atoms with E-state index in [1.165, 1.54) is 0 Å². The summed E-state index contributed by atoms with van der Waals surface area (Å²) in [5.41, 5.74) is -0.767. The number of esters is 1. The first-order valence-electron chi connectivity index (χ1n) is 7.19. The van der Waals surface area contributed by atoms with Crippen LogP contribution in [0.5, 0.6) is 0 Å². The van der Waals surface area contributed by atoms with Crippen molar-refractivity contribution in [3.05, 3.63) is 0 Å². The summed E-state index contributed by atoms with van der Waals surface area (Å²) in [6.45, 7) is 15.0. The first kappa shape index (κ1) is 18.4. The maximum Gasteiger partial charge on any atom is 0.326 e. The number of nitrogens with one attached hydrogen (secondary N) is 1. The molecule has 0 amide bonds. The molecule has 0 aliphatic heterocycles. The van der Waals surface area contributed by atoms with Crippen LogP contribution in [0.1, 0.15) is 61.3 Å². The maximum absolute atomic E-state index is 12.1. The second-order valence-corrected chi connectivity index (χ2v) is 6.42. The Morgan fingerprint density at radius 2 is 1.79 bits per heavy atom.